The SMILES string of the molecule is Cc1nn(C)c(C)c1[C@H]1OCC[C@@H]1C(=O)NCc1ccc(F)cc1. The lowest BCUT2D eigenvalue weighted by molar-refractivity contribution is -0.127. The molecule has 1 fully saturated rings. The van der Waals surface area contributed by atoms with Crippen molar-refractivity contribution < 1.29 is 13.9 Å². The Balaban J connectivity index is 1.70. The van der Waals surface area contributed by atoms with Crippen molar-refractivity contribution in [1.82, 2.24) is 15.1 Å². The molecule has 5 nitrogen and oxygen atoms in total. The molecule has 1 aliphatic heterocycles. The summed E-state index contributed by atoms with van der Waals surface area (Å²) in [7, 11) is 1.89. The average molecular weight is 331 g/mol. The summed E-state index contributed by atoms with van der Waals surface area (Å²) < 4.78 is 20.6. The summed E-state index contributed by atoms with van der Waals surface area (Å²) in [5.74, 6) is -0.548. The molecule has 0 radical (unpaired) electrons. The summed E-state index contributed by atoms with van der Waals surface area (Å²) >= 11 is 0. The second-order valence-corrected chi connectivity index (χ2v) is 6.24. The molecule has 1 N–H and O–H groups in total. The van der Waals surface area contributed by atoms with Gasteiger partial charge >= 0.3 is 0 Å². The minimum Gasteiger partial charge on any atom is -0.373 e. The maximum Gasteiger partial charge on any atom is 0.226 e. The quantitative estimate of drug-likeness (QED) is 0.937. The number of benzene rings is 1. The van der Waals surface area contributed by atoms with Crippen LogP contribution in [0.25, 0.3) is 0 Å². The van der Waals surface area contributed by atoms with Crippen LogP contribution < -0.4 is 5.32 Å². The Bertz CT molecular complexity index is 739. The standard InChI is InChI=1S/C18H22FN3O2/c1-11-16(12(2)22(3)21-11)17-15(8-9-24-17)18(23)20-10-13-4-6-14(19)7-5-13/h4-7,15,17H,8-10H2,1-3H3,(H,20,23)/t15-,17-/m0/s1. The smallest absolute Gasteiger partial charge is 0.226 e. The Morgan fingerprint density at radius 2 is 2.08 bits per heavy atom. The van der Waals surface area contributed by atoms with E-state index in [1.807, 2.05) is 25.6 Å². The Kier molecular flexibility index (Phi) is 4.66. The van der Waals surface area contributed by atoms with E-state index in [9.17, 15) is 9.18 Å². The van der Waals surface area contributed by atoms with Gasteiger partial charge < -0.3 is 10.1 Å². The normalized spacial score (nSPS) is 20.3. The predicted octanol–water partition coefficient (Wildman–Crippen LogP) is 2.57. The van der Waals surface area contributed by atoms with Gasteiger partial charge in [-0.3, -0.25) is 9.48 Å². The molecule has 128 valence electrons. The number of hydrogen-bond donors (Lipinski definition) is 1. The van der Waals surface area contributed by atoms with Crippen LogP contribution >= 0.6 is 0 Å². The summed E-state index contributed by atoms with van der Waals surface area (Å²) in [5.41, 5.74) is 3.81. The van der Waals surface area contributed by atoms with Crippen molar-refractivity contribution >= 4 is 5.91 Å². The predicted molar refractivity (Wildman–Crippen MR) is 87.7 cm³/mol. The second kappa shape index (κ2) is 6.73. The lowest BCUT2D eigenvalue weighted by atomic mass is 9.93. The zero-order valence-corrected chi connectivity index (χ0v) is 14.2. The maximum atomic E-state index is 12.9. The number of hydrogen-bond acceptors (Lipinski definition) is 3. The molecule has 6 heteroatoms. The Labute approximate surface area is 140 Å². The summed E-state index contributed by atoms with van der Waals surface area (Å²) in [6.45, 7) is 4.88. The summed E-state index contributed by atoms with van der Waals surface area (Å²) in [5, 5.41) is 7.36. The number of aromatic nitrogens is 2. The number of ether oxygens (including phenoxy) is 1. The molecule has 0 bridgehead atoms. The van der Waals surface area contributed by atoms with Crippen LogP contribution in [0.5, 0.6) is 0 Å². The highest BCUT2D eigenvalue weighted by Crippen LogP contribution is 2.37. The van der Waals surface area contributed by atoms with Crippen molar-refractivity contribution in [2.75, 3.05) is 6.61 Å². The zero-order valence-electron chi connectivity index (χ0n) is 14.2. The molecule has 0 aliphatic carbocycles. The van der Waals surface area contributed by atoms with Gasteiger partial charge in [-0.25, -0.2) is 4.39 Å². The number of aryl methyl sites for hydroxylation is 2. The number of amides is 1. The van der Waals surface area contributed by atoms with Crippen molar-refractivity contribution in [3.8, 4) is 0 Å². The van der Waals surface area contributed by atoms with Crippen LogP contribution in [0.3, 0.4) is 0 Å². The fourth-order valence-electron chi connectivity index (χ4n) is 3.27. The number of rotatable bonds is 4. The van der Waals surface area contributed by atoms with Gasteiger partial charge in [0, 0.05) is 31.5 Å². The average Bonchev–Trinajstić information content (AvgIpc) is 3.11. The molecule has 1 aliphatic rings. The van der Waals surface area contributed by atoms with Gasteiger partial charge in [0.2, 0.25) is 5.91 Å². The first-order chi connectivity index (χ1) is 11.5. The summed E-state index contributed by atoms with van der Waals surface area (Å²) in [6, 6.07) is 6.14. The van der Waals surface area contributed by atoms with Crippen molar-refractivity contribution in [3.05, 3.63) is 52.6 Å². The van der Waals surface area contributed by atoms with Gasteiger partial charge in [-0.15, -0.1) is 0 Å². The van der Waals surface area contributed by atoms with E-state index in [1.54, 1.807) is 12.1 Å². The third kappa shape index (κ3) is 3.19. The van der Waals surface area contributed by atoms with Gasteiger partial charge in [-0.05, 0) is 38.0 Å². The molecule has 1 saturated heterocycles. The lowest BCUT2D eigenvalue weighted by Crippen LogP contribution is -2.32. The molecule has 0 spiro atoms. The Hall–Kier alpha value is -2.21. The monoisotopic (exact) mass is 331 g/mol. The van der Waals surface area contributed by atoms with Crippen LogP contribution in [0.2, 0.25) is 0 Å². The van der Waals surface area contributed by atoms with E-state index in [1.165, 1.54) is 12.1 Å². The first-order valence-electron chi connectivity index (χ1n) is 8.11. The molecule has 3 rings (SSSR count). The second-order valence-electron chi connectivity index (χ2n) is 6.24. The molecule has 0 unspecified atom stereocenters. The highest BCUT2D eigenvalue weighted by Gasteiger charge is 2.37. The van der Waals surface area contributed by atoms with Gasteiger partial charge in [-0.2, -0.15) is 5.10 Å². The number of nitrogens with one attached hydrogen (secondary N) is 1. The van der Waals surface area contributed by atoms with E-state index >= 15 is 0 Å². The first kappa shape index (κ1) is 16.6. The minimum absolute atomic E-state index is 0.0375. The van der Waals surface area contributed by atoms with Crippen molar-refractivity contribution in [3.63, 3.8) is 0 Å². The molecule has 2 atom stereocenters. The maximum absolute atomic E-state index is 12.9. The molecule has 1 aromatic carbocycles. The fourth-order valence-corrected chi connectivity index (χ4v) is 3.27. The molecular weight excluding hydrogens is 309 g/mol. The summed E-state index contributed by atoms with van der Waals surface area (Å²) in [6.07, 6.45) is 0.431. The number of carbonyl (C=O) groups is 1. The van der Waals surface area contributed by atoms with Crippen LogP contribution in [0.1, 0.15) is 35.0 Å². The Morgan fingerprint density at radius 1 is 1.38 bits per heavy atom. The van der Waals surface area contributed by atoms with E-state index in [4.69, 9.17) is 4.74 Å². The molecule has 24 heavy (non-hydrogen) atoms. The van der Waals surface area contributed by atoms with Gasteiger partial charge in [-0.1, -0.05) is 12.1 Å². The molecule has 1 amide bonds. The fraction of sp³-hybridized carbons (Fsp3) is 0.444. The summed E-state index contributed by atoms with van der Waals surface area (Å²) in [4.78, 5) is 12.6. The molecule has 1 aromatic heterocycles. The topological polar surface area (TPSA) is 56.2 Å². The molecule has 2 aromatic rings. The third-order valence-electron chi connectivity index (χ3n) is 4.66. The van der Waals surface area contributed by atoms with Crippen LogP contribution in [-0.2, 0) is 23.1 Å². The van der Waals surface area contributed by atoms with Crippen molar-refractivity contribution in [2.24, 2.45) is 13.0 Å². The highest BCUT2D eigenvalue weighted by molar-refractivity contribution is 5.79. The van der Waals surface area contributed by atoms with Crippen LogP contribution in [0, 0.1) is 25.6 Å². The van der Waals surface area contributed by atoms with Crippen molar-refractivity contribution in [2.45, 2.75) is 32.9 Å². The first-order valence-corrected chi connectivity index (χ1v) is 8.11. The largest absolute Gasteiger partial charge is 0.373 e. The van der Waals surface area contributed by atoms with E-state index < -0.39 is 0 Å². The van der Waals surface area contributed by atoms with E-state index in [0.29, 0.717) is 19.6 Å². The molecule has 2 heterocycles. The minimum atomic E-state index is -0.281. The number of carbonyl (C=O) groups excluding carboxylic acids is 1. The van der Waals surface area contributed by atoms with E-state index in [-0.39, 0.29) is 23.7 Å². The van der Waals surface area contributed by atoms with Gasteiger partial charge in [0.25, 0.3) is 0 Å². The van der Waals surface area contributed by atoms with Crippen LogP contribution in [0.4, 0.5) is 4.39 Å². The number of halogens is 1. The van der Waals surface area contributed by atoms with Gasteiger partial charge in [0.05, 0.1) is 17.7 Å². The molecule has 0 saturated carbocycles. The number of nitrogens with zero attached hydrogens (tertiary/aromatic N) is 2. The van der Waals surface area contributed by atoms with Gasteiger partial charge in [0.15, 0.2) is 0 Å². The van der Waals surface area contributed by atoms with Crippen LogP contribution in [-0.4, -0.2) is 22.3 Å². The van der Waals surface area contributed by atoms with Gasteiger partial charge in [0.1, 0.15) is 5.82 Å². The third-order valence-corrected chi connectivity index (χ3v) is 4.66. The molecular formula is C18H22FN3O2. The Morgan fingerprint density at radius 3 is 2.71 bits per heavy atom. The van der Waals surface area contributed by atoms with E-state index in [2.05, 4.69) is 10.4 Å². The van der Waals surface area contributed by atoms with E-state index in [0.717, 1.165) is 22.5 Å². The lowest BCUT2D eigenvalue weighted by Gasteiger charge is -2.19. The van der Waals surface area contributed by atoms with Crippen LogP contribution in [0.15, 0.2) is 24.3 Å². The zero-order chi connectivity index (χ0) is 17.3. The highest BCUT2D eigenvalue weighted by atomic mass is 19.1. The van der Waals surface area contributed by atoms with Crippen molar-refractivity contribution in [1.29, 1.82) is 0 Å².